The molecular weight excluding hydrogens is 375 g/mol. The number of nitrogens with one attached hydrogen (secondary N) is 1. The molecule has 0 fully saturated rings. The van der Waals surface area contributed by atoms with Crippen LogP contribution >= 0.6 is 0 Å². The second kappa shape index (κ2) is 7.93. The Morgan fingerprint density at radius 3 is 2.48 bits per heavy atom. The van der Waals surface area contributed by atoms with Crippen LogP contribution in [0.2, 0.25) is 0 Å². The normalized spacial score (nSPS) is 13.9. The molecule has 2 aromatic carbocycles. The monoisotopic (exact) mass is 394 g/mol. The Morgan fingerprint density at radius 2 is 1.78 bits per heavy atom. The predicted molar refractivity (Wildman–Crippen MR) is 96.9 cm³/mol. The SMILES string of the molecule is CN(CC(=O)Nc1ccc2c(c1)OCCCO2)S(=O)(=O)c1ccc(F)cc1. The lowest BCUT2D eigenvalue weighted by Gasteiger charge is -2.17. The summed E-state index contributed by atoms with van der Waals surface area (Å²) in [5.74, 6) is 0.0699. The number of carbonyl (C=O) groups excluding carboxylic acids is 1. The van der Waals surface area contributed by atoms with E-state index in [9.17, 15) is 17.6 Å². The first-order chi connectivity index (χ1) is 12.9. The summed E-state index contributed by atoms with van der Waals surface area (Å²) in [4.78, 5) is 12.2. The van der Waals surface area contributed by atoms with Crippen molar-refractivity contribution >= 4 is 21.6 Å². The molecule has 0 bridgehead atoms. The molecule has 27 heavy (non-hydrogen) atoms. The van der Waals surface area contributed by atoms with E-state index in [0.717, 1.165) is 35.0 Å². The minimum absolute atomic E-state index is 0.0882. The lowest BCUT2D eigenvalue weighted by molar-refractivity contribution is -0.116. The van der Waals surface area contributed by atoms with Crippen LogP contribution in [-0.4, -0.2) is 45.4 Å². The molecule has 1 amide bonds. The highest BCUT2D eigenvalue weighted by molar-refractivity contribution is 7.89. The zero-order valence-electron chi connectivity index (χ0n) is 14.6. The number of ether oxygens (including phenoxy) is 2. The van der Waals surface area contributed by atoms with Crippen LogP contribution in [0.15, 0.2) is 47.4 Å². The van der Waals surface area contributed by atoms with Crippen molar-refractivity contribution < 1.29 is 27.1 Å². The van der Waals surface area contributed by atoms with Crippen molar-refractivity contribution in [2.24, 2.45) is 0 Å². The van der Waals surface area contributed by atoms with Gasteiger partial charge in [0.05, 0.1) is 24.7 Å². The van der Waals surface area contributed by atoms with Gasteiger partial charge >= 0.3 is 0 Å². The van der Waals surface area contributed by atoms with Gasteiger partial charge < -0.3 is 14.8 Å². The van der Waals surface area contributed by atoms with Crippen LogP contribution in [0, 0.1) is 5.82 Å². The summed E-state index contributed by atoms with van der Waals surface area (Å²) in [5.41, 5.74) is 0.469. The number of amides is 1. The molecule has 1 N–H and O–H groups in total. The summed E-state index contributed by atoms with van der Waals surface area (Å²) in [6, 6.07) is 9.39. The van der Waals surface area contributed by atoms with E-state index in [1.54, 1.807) is 18.2 Å². The van der Waals surface area contributed by atoms with Gasteiger partial charge in [-0.25, -0.2) is 12.8 Å². The Bertz CT molecular complexity index is 931. The second-order valence-corrected chi connectivity index (χ2v) is 8.02. The van der Waals surface area contributed by atoms with E-state index in [1.807, 2.05) is 0 Å². The van der Waals surface area contributed by atoms with Crippen LogP contribution in [0.1, 0.15) is 6.42 Å². The van der Waals surface area contributed by atoms with Crippen LogP contribution < -0.4 is 14.8 Å². The highest BCUT2D eigenvalue weighted by atomic mass is 32.2. The van der Waals surface area contributed by atoms with Gasteiger partial charge in [-0.3, -0.25) is 4.79 Å². The van der Waals surface area contributed by atoms with Gasteiger partial charge in [-0.05, 0) is 36.4 Å². The molecule has 0 atom stereocenters. The van der Waals surface area contributed by atoms with E-state index in [-0.39, 0.29) is 4.90 Å². The molecule has 1 aliphatic heterocycles. The molecule has 7 nitrogen and oxygen atoms in total. The molecule has 0 unspecified atom stereocenters. The summed E-state index contributed by atoms with van der Waals surface area (Å²) in [7, 11) is -2.62. The maximum atomic E-state index is 13.0. The number of fused-ring (bicyclic) bond motifs is 1. The molecule has 1 aliphatic rings. The zero-order chi connectivity index (χ0) is 19.4. The fourth-order valence-electron chi connectivity index (χ4n) is 2.52. The molecular formula is C18H19FN2O5S. The Balaban J connectivity index is 1.66. The van der Waals surface area contributed by atoms with Gasteiger partial charge in [0.1, 0.15) is 5.82 Å². The summed E-state index contributed by atoms with van der Waals surface area (Å²) in [5, 5.41) is 2.64. The average Bonchev–Trinajstić information content (AvgIpc) is 2.87. The van der Waals surface area contributed by atoms with E-state index >= 15 is 0 Å². The van der Waals surface area contributed by atoms with Crippen LogP contribution in [0.25, 0.3) is 0 Å². The van der Waals surface area contributed by atoms with Crippen molar-refractivity contribution in [2.75, 3.05) is 32.1 Å². The first kappa shape index (κ1) is 19.1. The van der Waals surface area contributed by atoms with Gasteiger partial charge in [0, 0.05) is 25.2 Å². The van der Waals surface area contributed by atoms with Gasteiger partial charge in [-0.15, -0.1) is 0 Å². The number of sulfonamides is 1. The number of carbonyl (C=O) groups is 1. The van der Waals surface area contributed by atoms with E-state index in [0.29, 0.717) is 30.4 Å². The number of benzene rings is 2. The second-order valence-electron chi connectivity index (χ2n) is 5.98. The molecule has 0 aliphatic carbocycles. The number of anilines is 1. The molecule has 144 valence electrons. The van der Waals surface area contributed by atoms with E-state index < -0.39 is 28.3 Å². The number of likely N-dealkylation sites (N-methyl/N-ethyl adjacent to an activating group) is 1. The van der Waals surface area contributed by atoms with Crippen molar-refractivity contribution in [1.29, 1.82) is 0 Å². The fraction of sp³-hybridized carbons (Fsp3) is 0.278. The number of hydrogen-bond acceptors (Lipinski definition) is 5. The Kier molecular flexibility index (Phi) is 5.62. The first-order valence-electron chi connectivity index (χ1n) is 8.28. The number of halogens is 1. The van der Waals surface area contributed by atoms with Gasteiger partial charge in [0.2, 0.25) is 15.9 Å². The third-order valence-electron chi connectivity index (χ3n) is 3.92. The van der Waals surface area contributed by atoms with E-state index in [1.165, 1.54) is 7.05 Å². The molecule has 9 heteroatoms. The molecule has 3 rings (SSSR count). The number of rotatable bonds is 5. The first-order valence-corrected chi connectivity index (χ1v) is 9.72. The van der Waals surface area contributed by atoms with Crippen molar-refractivity contribution in [2.45, 2.75) is 11.3 Å². The Morgan fingerprint density at radius 1 is 1.11 bits per heavy atom. The van der Waals surface area contributed by atoms with E-state index in [2.05, 4.69) is 5.32 Å². The standard InChI is InChI=1S/C18H19FN2O5S/c1-21(27(23,24)15-6-3-13(19)4-7-15)12-18(22)20-14-5-8-16-17(11-14)26-10-2-9-25-16/h3-8,11H,2,9-10,12H2,1H3,(H,20,22). The lowest BCUT2D eigenvalue weighted by Crippen LogP contribution is -2.34. The minimum Gasteiger partial charge on any atom is -0.490 e. The van der Waals surface area contributed by atoms with Gasteiger partial charge in [0.15, 0.2) is 11.5 Å². The Hall–Kier alpha value is -2.65. The van der Waals surface area contributed by atoms with E-state index in [4.69, 9.17) is 9.47 Å². The number of nitrogens with zero attached hydrogens (tertiary/aromatic N) is 1. The largest absolute Gasteiger partial charge is 0.490 e. The van der Waals surface area contributed by atoms with Crippen molar-refractivity contribution in [3.63, 3.8) is 0 Å². The van der Waals surface area contributed by atoms with Crippen LogP contribution in [0.4, 0.5) is 10.1 Å². The predicted octanol–water partition coefficient (Wildman–Crippen LogP) is 2.25. The van der Waals surface area contributed by atoms with Crippen molar-refractivity contribution in [3.8, 4) is 11.5 Å². The third-order valence-corrected chi connectivity index (χ3v) is 5.74. The van der Waals surface area contributed by atoms with Gasteiger partial charge in [-0.1, -0.05) is 0 Å². The summed E-state index contributed by atoms with van der Waals surface area (Å²) < 4.78 is 49.9. The highest BCUT2D eigenvalue weighted by Crippen LogP contribution is 2.32. The smallest absolute Gasteiger partial charge is 0.243 e. The van der Waals surface area contributed by atoms with Crippen molar-refractivity contribution in [1.82, 2.24) is 4.31 Å². The summed E-state index contributed by atoms with van der Waals surface area (Å²) in [6.45, 7) is 0.682. The summed E-state index contributed by atoms with van der Waals surface area (Å²) >= 11 is 0. The lowest BCUT2D eigenvalue weighted by atomic mass is 10.2. The van der Waals surface area contributed by atoms with Crippen molar-refractivity contribution in [3.05, 3.63) is 48.3 Å². The quantitative estimate of drug-likeness (QED) is 0.841. The van der Waals surface area contributed by atoms with Crippen LogP contribution in [0.5, 0.6) is 11.5 Å². The molecule has 0 saturated carbocycles. The molecule has 0 spiro atoms. The highest BCUT2D eigenvalue weighted by Gasteiger charge is 2.23. The van der Waals surface area contributed by atoms with Gasteiger partial charge in [-0.2, -0.15) is 4.31 Å². The van der Waals surface area contributed by atoms with Crippen LogP contribution in [-0.2, 0) is 14.8 Å². The molecule has 0 aromatic heterocycles. The van der Waals surface area contributed by atoms with Crippen LogP contribution in [0.3, 0.4) is 0 Å². The average molecular weight is 394 g/mol. The third kappa shape index (κ3) is 4.55. The molecule has 2 aromatic rings. The molecule has 0 radical (unpaired) electrons. The maximum absolute atomic E-state index is 13.0. The van der Waals surface area contributed by atoms with Gasteiger partial charge in [0.25, 0.3) is 0 Å². The topological polar surface area (TPSA) is 84.9 Å². The zero-order valence-corrected chi connectivity index (χ0v) is 15.5. The Labute approximate surface area is 156 Å². The number of hydrogen-bond donors (Lipinski definition) is 1. The molecule has 1 heterocycles. The fourth-order valence-corrected chi connectivity index (χ4v) is 3.64. The summed E-state index contributed by atoms with van der Waals surface area (Å²) in [6.07, 6.45) is 0.766. The molecule has 0 saturated heterocycles. The maximum Gasteiger partial charge on any atom is 0.243 e. The minimum atomic E-state index is -3.90.